The molecular formula is C15H24ClN3O2S. The molecule has 2 N–H and O–H groups in total. The zero-order chi connectivity index (χ0) is 15.6. The van der Waals surface area contributed by atoms with E-state index < -0.39 is 11.2 Å². The molecule has 0 aromatic carbocycles. The molecule has 5 nitrogen and oxygen atoms in total. The topological polar surface area (TPSA) is 69.5 Å². The largest absolute Gasteiger partial charge is 0.389 e. The molecule has 22 heavy (non-hydrogen) atoms. The van der Waals surface area contributed by atoms with Gasteiger partial charge in [0.05, 0.1) is 11.2 Å². The van der Waals surface area contributed by atoms with Crippen LogP contribution in [0, 0.1) is 0 Å². The summed E-state index contributed by atoms with van der Waals surface area (Å²) in [5, 5.41) is 25.5. The van der Waals surface area contributed by atoms with Gasteiger partial charge in [-0.1, -0.05) is 41.8 Å². The van der Waals surface area contributed by atoms with Gasteiger partial charge in [0.15, 0.2) is 0 Å². The Labute approximate surface area is 140 Å². The predicted molar refractivity (Wildman–Crippen MR) is 87.0 cm³/mol. The van der Waals surface area contributed by atoms with E-state index in [9.17, 15) is 10.2 Å². The fourth-order valence-corrected chi connectivity index (χ4v) is 4.50. The quantitative estimate of drug-likeness (QED) is 0.829. The van der Waals surface area contributed by atoms with Gasteiger partial charge in [0.25, 0.3) is 0 Å². The first-order valence-electron chi connectivity index (χ1n) is 8.12. The molecule has 0 atom stereocenters. The van der Waals surface area contributed by atoms with Crippen LogP contribution >= 0.6 is 23.1 Å². The van der Waals surface area contributed by atoms with E-state index >= 15 is 0 Å². The highest BCUT2D eigenvalue weighted by Gasteiger charge is 2.38. The number of nitrogens with zero attached hydrogens (tertiary/aromatic N) is 3. The lowest BCUT2D eigenvalue weighted by molar-refractivity contribution is -0.0362. The van der Waals surface area contributed by atoms with Crippen LogP contribution in [0.1, 0.15) is 57.1 Å². The summed E-state index contributed by atoms with van der Waals surface area (Å²) in [5.74, 6) is 0. The molecule has 7 heteroatoms. The molecule has 1 aromatic heterocycles. The zero-order valence-corrected chi connectivity index (χ0v) is 14.4. The summed E-state index contributed by atoms with van der Waals surface area (Å²) >= 11 is 7.31. The predicted octanol–water partition coefficient (Wildman–Crippen LogP) is 2.60. The van der Waals surface area contributed by atoms with Gasteiger partial charge in [0.2, 0.25) is 0 Å². The Bertz CT molecular complexity index is 475. The van der Waals surface area contributed by atoms with E-state index in [1.807, 2.05) is 0 Å². The maximum Gasteiger partial charge on any atom is 0.138 e. The number of aromatic nitrogens is 2. The maximum absolute atomic E-state index is 10.7. The Morgan fingerprint density at radius 3 is 1.91 bits per heavy atom. The van der Waals surface area contributed by atoms with Crippen molar-refractivity contribution in [1.29, 1.82) is 0 Å². The molecule has 1 aromatic rings. The first kappa shape index (κ1) is 16.6. The minimum atomic E-state index is -0.634. The fraction of sp³-hybridized carbons (Fsp3) is 0.867. The molecule has 2 fully saturated rings. The van der Waals surface area contributed by atoms with Gasteiger partial charge in [-0.25, -0.2) is 0 Å². The van der Waals surface area contributed by atoms with Gasteiger partial charge in [-0.05, 0) is 25.7 Å². The van der Waals surface area contributed by atoms with Gasteiger partial charge < -0.3 is 10.2 Å². The summed E-state index contributed by atoms with van der Waals surface area (Å²) in [6.07, 6.45) is 7.66. The average Bonchev–Trinajstić information content (AvgIpc) is 3.15. The van der Waals surface area contributed by atoms with Crippen LogP contribution in [0.15, 0.2) is 0 Å². The molecule has 2 saturated carbocycles. The number of rotatable bonds is 6. The third-order valence-electron chi connectivity index (χ3n) is 4.99. The van der Waals surface area contributed by atoms with E-state index in [-0.39, 0.29) is 0 Å². The molecule has 0 unspecified atom stereocenters. The van der Waals surface area contributed by atoms with Crippen molar-refractivity contribution in [3.63, 3.8) is 0 Å². The first-order valence-corrected chi connectivity index (χ1v) is 9.27. The third kappa shape index (κ3) is 3.97. The molecular weight excluding hydrogens is 322 g/mol. The third-order valence-corrected chi connectivity index (χ3v) is 5.97. The Hall–Kier alpha value is -0.270. The molecule has 0 aliphatic heterocycles. The van der Waals surface area contributed by atoms with Gasteiger partial charge in [0.1, 0.15) is 10.0 Å². The highest BCUT2D eigenvalue weighted by Crippen LogP contribution is 2.34. The Morgan fingerprint density at radius 2 is 1.50 bits per heavy atom. The first-order chi connectivity index (χ1) is 10.5. The normalized spacial score (nSPS) is 23.5. The van der Waals surface area contributed by atoms with Gasteiger partial charge in [-0.3, -0.25) is 4.90 Å². The molecule has 2 aliphatic carbocycles. The van der Waals surface area contributed by atoms with Crippen LogP contribution in [0.25, 0.3) is 0 Å². The second-order valence-corrected chi connectivity index (χ2v) is 8.36. The molecule has 0 radical (unpaired) electrons. The average molecular weight is 346 g/mol. The van der Waals surface area contributed by atoms with E-state index in [2.05, 4.69) is 14.5 Å². The highest BCUT2D eigenvalue weighted by atomic mass is 35.5. The van der Waals surface area contributed by atoms with Crippen LogP contribution in [-0.4, -0.2) is 49.0 Å². The zero-order valence-electron chi connectivity index (χ0n) is 12.8. The van der Waals surface area contributed by atoms with E-state index in [1.54, 1.807) is 0 Å². The van der Waals surface area contributed by atoms with E-state index in [0.29, 0.717) is 24.0 Å². The van der Waals surface area contributed by atoms with Crippen LogP contribution in [0.5, 0.6) is 0 Å². The molecule has 0 bridgehead atoms. The smallest absolute Gasteiger partial charge is 0.138 e. The van der Waals surface area contributed by atoms with Crippen molar-refractivity contribution in [3.05, 3.63) is 10.0 Å². The minimum absolute atomic E-state index is 0.542. The highest BCUT2D eigenvalue weighted by molar-refractivity contribution is 7.10. The van der Waals surface area contributed by atoms with Crippen LogP contribution in [0.3, 0.4) is 0 Å². The Balaban J connectivity index is 1.71. The molecule has 1 heterocycles. The SMILES string of the molecule is OC1(CN(Cc2nnsc2Cl)CC2(O)CCCC2)CCCC1. The van der Waals surface area contributed by atoms with Crippen LogP contribution in [-0.2, 0) is 6.54 Å². The van der Waals surface area contributed by atoms with Gasteiger partial charge >= 0.3 is 0 Å². The molecule has 0 saturated heterocycles. The van der Waals surface area contributed by atoms with Gasteiger partial charge in [0, 0.05) is 31.2 Å². The van der Waals surface area contributed by atoms with Crippen molar-refractivity contribution in [2.75, 3.05) is 13.1 Å². The van der Waals surface area contributed by atoms with Crippen LogP contribution in [0.2, 0.25) is 4.34 Å². The molecule has 0 amide bonds. The van der Waals surface area contributed by atoms with Crippen molar-refractivity contribution >= 4 is 23.1 Å². The Kier molecular flexibility index (Phi) is 5.04. The molecule has 0 spiro atoms. The number of hydrogen-bond acceptors (Lipinski definition) is 6. The summed E-state index contributed by atoms with van der Waals surface area (Å²) in [6.45, 7) is 1.69. The number of halogens is 1. The maximum atomic E-state index is 10.7. The lowest BCUT2D eigenvalue weighted by Crippen LogP contribution is -2.47. The lowest BCUT2D eigenvalue weighted by Gasteiger charge is -2.35. The van der Waals surface area contributed by atoms with E-state index in [4.69, 9.17) is 11.6 Å². The van der Waals surface area contributed by atoms with Crippen molar-refractivity contribution < 1.29 is 10.2 Å². The van der Waals surface area contributed by atoms with Crippen LogP contribution in [0.4, 0.5) is 0 Å². The van der Waals surface area contributed by atoms with Crippen LogP contribution < -0.4 is 0 Å². The lowest BCUT2D eigenvalue weighted by atomic mass is 9.98. The standard InChI is InChI=1S/C15H24ClN3O2S/c16-13-12(17-18-22-13)9-19(10-14(20)5-1-2-6-14)11-15(21)7-3-4-8-15/h20-21H,1-11H2. The second-order valence-electron chi connectivity index (χ2n) is 7.00. The monoisotopic (exact) mass is 345 g/mol. The Morgan fingerprint density at radius 1 is 1.00 bits per heavy atom. The van der Waals surface area contributed by atoms with Crippen molar-refractivity contribution in [2.45, 2.75) is 69.1 Å². The van der Waals surface area contributed by atoms with E-state index in [0.717, 1.165) is 57.1 Å². The summed E-state index contributed by atoms with van der Waals surface area (Å²) in [4.78, 5) is 2.12. The second kappa shape index (κ2) is 6.69. The van der Waals surface area contributed by atoms with Crippen molar-refractivity contribution in [1.82, 2.24) is 14.5 Å². The van der Waals surface area contributed by atoms with Gasteiger partial charge in [-0.2, -0.15) is 0 Å². The summed E-state index contributed by atoms with van der Waals surface area (Å²) in [5.41, 5.74) is -0.523. The minimum Gasteiger partial charge on any atom is -0.389 e. The molecule has 2 aliphatic rings. The summed E-state index contributed by atoms with van der Waals surface area (Å²) in [7, 11) is 0. The van der Waals surface area contributed by atoms with E-state index in [1.165, 1.54) is 11.5 Å². The molecule has 124 valence electrons. The van der Waals surface area contributed by atoms with Crippen molar-refractivity contribution in [3.8, 4) is 0 Å². The van der Waals surface area contributed by atoms with Crippen molar-refractivity contribution in [2.24, 2.45) is 0 Å². The summed E-state index contributed by atoms with van der Waals surface area (Å²) in [6, 6.07) is 0. The van der Waals surface area contributed by atoms with Gasteiger partial charge in [-0.15, -0.1) is 5.10 Å². The number of aliphatic hydroxyl groups is 2. The number of hydrogen-bond donors (Lipinski definition) is 2. The fourth-order valence-electron chi connectivity index (χ4n) is 3.89. The summed E-state index contributed by atoms with van der Waals surface area (Å²) < 4.78 is 4.48. The molecule has 3 rings (SSSR count).